The maximum absolute atomic E-state index is 12.7. The number of hydrogen-bond donors (Lipinski definition) is 1. The smallest absolute Gasteiger partial charge is 0.309 e. The fourth-order valence-electron chi connectivity index (χ4n) is 4.39. The highest BCUT2D eigenvalue weighted by Gasteiger charge is 2.32. The molecular weight excluding hydrogens is 352 g/mol. The molecule has 4 heteroatoms. The average Bonchev–Trinajstić information content (AvgIpc) is 2.70. The summed E-state index contributed by atoms with van der Waals surface area (Å²) in [5.74, 6) is -0.548. The van der Waals surface area contributed by atoms with E-state index in [1.807, 2.05) is 0 Å². The number of rotatable bonds is 15. The summed E-state index contributed by atoms with van der Waals surface area (Å²) in [7, 11) is 0. The van der Waals surface area contributed by atoms with Gasteiger partial charge in [0, 0.05) is 0 Å². The van der Waals surface area contributed by atoms with Crippen molar-refractivity contribution in [3.63, 3.8) is 0 Å². The van der Waals surface area contributed by atoms with Gasteiger partial charge in [-0.25, -0.2) is 0 Å². The van der Waals surface area contributed by atoms with Crippen LogP contribution < -0.4 is 0 Å². The van der Waals surface area contributed by atoms with Crippen LogP contribution in [0.2, 0.25) is 0 Å². The van der Waals surface area contributed by atoms with E-state index in [1.54, 1.807) is 0 Å². The normalized spacial score (nSPS) is 21.8. The highest BCUT2D eigenvalue weighted by molar-refractivity contribution is 5.74. The molecule has 4 nitrogen and oxygen atoms in total. The predicted octanol–water partition coefficient (Wildman–Crippen LogP) is 6.76. The molecule has 0 amide bonds. The SMILES string of the molecule is CCCCCCCC(CC(CC)CCCC)OC(=O)C1CCC(C(=O)O)CC1. The van der Waals surface area contributed by atoms with E-state index in [-0.39, 0.29) is 23.9 Å². The van der Waals surface area contributed by atoms with Crippen molar-refractivity contribution in [1.82, 2.24) is 0 Å². The summed E-state index contributed by atoms with van der Waals surface area (Å²) in [5.41, 5.74) is 0. The van der Waals surface area contributed by atoms with Gasteiger partial charge in [-0.05, 0) is 50.9 Å². The molecule has 1 saturated carbocycles. The Bertz CT molecular complexity index is 426. The van der Waals surface area contributed by atoms with Crippen molar-refractivity contribution in [2.24, 2.45) is 17.8 Å². The number of carboxylic acids is 1. The predicted molar refractivity (Wildman–Crippen MR) is 114 cm³/mol. The third kappa shape index (κ3) is 9.93. The number of aliphatic carboxylic acids is 1. The molecule has 1 aliphatic carbocycles. The number of carboxylic acid groups (broad SMARTS) is 1. The molecule has 0 aliphatic heterocycles. The first-order valence-electron chi connectivity index (χ1n) is 11.9. The largest absolute Gasteiger partial charge is 0.481 e. The van der Waals surface area contributed by atoms with Crippen molar-refractivity contribution >= 4 is 11.9 Å². The maximum Gasteiger partial charge on any atom is 0.309 e. The molecular formula is C24H44O4. The molecule has 0 bridgehead atoms. The van der Waals surface area contributed by atoms with E-state index >= 15 is 0 Å². The summed E-state index contributed by atoms with van der Waals surface area (Å²) in [6, 6.07) is 0. The standard InChI is InChI=1S/C24H44O4/c1-4-7-9-10-11-13-22(18-19(6-3)12-8-5-2)28-24(27)21-16-14-20(15-17-21)23(25)26/h19-22H,4-18H2,1-3H3,(H,25,26). The summed E-state index contributed by atoms with van der Waals surface area (Å²) >= 11 is 0. The highest BCUT2D eigenvalue weighted by atomic mass is 16.5. The molecule has 0 aromatic heterocycles. The zero-order chi connectivity index (χ0) is 20.8. The van der Waals surface area contributed by atoms with Crippen LogP contribution in [0.3, 0.4) is 0 Å². The van der Waals surface area contributed by atoms with Gasteiger partial charge in [-0.15, -0.1) is 0 Å². The zero-order valence-corrected chi connectivity index (χ0v) is 18.6. The lowest BCUT2D eigenvalue weighted by atomic mass is 9.82. The Morgan fingerprint density at radius 1 is 0.857 bits per heavy atom. The van der Waals surface area contributed by atoms with E-state index in [1.165, 1.54) is 44.9 Å². The van der Waals surface area contributed by atoms with E-state index in [4.69, 9.17) is 9.84 Å². The highest BCUT2D eigenvalue weighted by Crippen LogP contribution is 2.31. The molecule has 0 aromatic rings. The van der Waals surface area contributed by atoms with Crippen molar-refractivity contribution in [1.29, 1.82) is 0 Å². The second kappa shape index (κ2) is 14.9. The van der Waals surface area contributed by atoms with Gasteiger partial charge in [-0.1, -0.05) is 72.1 Å². The quantitative estimate of drug-likeness (QED) is 0.245. The summed E-state index contributed by atoms with van der Waals surface area (Å²) in [4.78, 5) is 23.9. The number of hydrogen-bond acceptors (Lipinski definition) is 3. The molecule has 0 aromatic carbocycles. The van der Waals surface area contributed by atoms with Crippen LogP contribution in [0, 0.1) is 17.8 Å². The summed E-state index contributed by atoms with van der Waals surface area (Å²) in [5, 5.41) is 9.15. The Labute approximate surface area is 172 Å². The minimum Gasteiger partial charge on any atom is -0.481 e. The van der Waals surface area contributed by atoms with Crippen molar-refractivity contribution in [2.75, 3.05) is 0 Å². The van der Waals surface area contributed by atoms with Crippen LogP contribution >= 0.6 is 0 Å². The number of ether oxygens (including phenoxy) is 1. The molecule has 0 spiro atoms. The van der Waals surface area contributed by atoms with Crippen LogP contribution in [0.25, 0.3) is 0 Å². The van der Waals surface area contributed by atoms with Crippen LogP contribution in [0.5, 0.6) is 0 Å². The first-order valence-corrected chi connectivity index (χ1v) is 11.9. The van der Waals surface area contributed by atoms with Gasteiger partial charge < -0.3 is 9.84 Å². The zero-order valence-electron chi connectivity index (χ0n) is 18.6. The molecule has 2 unspecified atom stereocenters. The summed E-state index contributed by atoms with van der Waals surface area (Å²) in [6.07, 6.45) is 15.5. The number of esters is 1. The lowest BCUT2D eigenvalue weighted by molar-refractivity contribution is -0.158. The molecule has 2 atom stereocenters. The van der Waals surface area contributed by atoms with Gasteiger partial charge in [0.05, 0.1) is 11.8 Å². The number of carbonyl (C=O) groups is 2. The average molecular weight is 397 g/mol. The second-order valence-electron chi connectivity index (χ2n) is 8.80. The molecule has 1 aliphatic rings. The van der Waals surface area contributed by atoms with Crippen molar-refractivity contribution in [3.8, 4) is 0 Å². The molecule has 28 heavy (non-hydrogen) atoms. The lowest BCUT2D eigenvalue weighted by Crippen LogP contribution is -2.30. The Balaban J connectivity index is 2.54. The van der Waals surface area contributed by atoms with Gasteiger partial charge in [0.25, 0.3) is 0 Å². The minimum atomic E-state index is -0.724. The van der Waals surface area contributed by atoms with E-state index in [0.29, 0.717) is 31.6 Å². The third-order valence-corrected chi connectivity index (χ3v) is 6.46. The third-order valence-electron chi connectivity index (χ3n) is 6.46. The fraction of sp³-hybridized carbons (Fsp3) is 0.917. The molecule has 0 heterocycles. The second-order valence-corrected chi connectivity index (χ2v) is 8.80. The fourth-order valence-corrected chi connectivity index (χ4v) is 4.39. The molecule has 164 valence electrons. The Morgan fingerprint density at radius 2 is 1.46 bits per heavy atom. The molecule has 0 radical (unpaired) electrons. The van der Waals surface area contributed by atoms with Gasteiger partial charge in [0.15, 0.2) is 0 Å². The van der Waals surface area contributed by atoms with Crippen molar-refractivity contribution < 1.29 is 19.4 Å². The minimum absolute atomic E-state index is 0.0353. The van der Waals surface area contributed by atoms with E-state index in [2.05, 4.69) is 20.8 Å². The first kappa shape index (κ1) is 25.0. The maximum atomic E-state index is 12.7. The van der Waals surface area contributed by atoms with E-state index in [0.717, 1.165) is 25.7 Å². The monoisotopic (exact) mass is 396 g/mol. The lowest BCUT2D eigenvalue weighted by Gasteiger charge is -2.28. The van der Waals surface area contributed by atoms with E-state index < -0.39 is 5.97 Å². The Morgan fingerprint density at radius 3 is 2.04 bits per heavy atom. The van der Waals surface area contributed by atoms with Crippen molar-refractivity contribution in [2.45, 2.75) is 123 Å². The van der Waals surface area contributed by atoms with Crippen LogP contribution in [0.4, 0.5) is 0 Å². The number of carbonyl (C=O) groups excluding carboxylic acids is 1. The molecule has 1 fully saturated rings. The van der Waals surface area contributed by atoms with Crippen LogP contribution in [-0.4, -0.2) is 23.1 Å². The number of unbranched alkanes of at least 4 members (excludes halogenated alkanes) is 5. The first-order chi connectivity index (χ1) is 13.5. The Kier molecular flexibility index (Phi) is 13.3. The Hall–Kier alpha value is -1.06. The van der Waals surface area contributed by atoms with Gasteiger partial charge in [0.2, 0.25) is 0 Å². The van der Waals surface area contributed by atoms with Crippen LogP contribution in [-0.2, 0) is 14.3 Å². The van der Waals surface area contributed by atoms with Gasteiger partial charge in [-0.2, -0.15) is 0 Å². The summed E-state index contributed by atoms with van der Waals surface area (Å²) in [6.45, 7) is 6.70. The van der Waals surface area contributed by atoms with Gasteiger partial charge >= 0.3 is 11.9 Å². The molecule has 0 saturated heterocycles. The van der Waals surface area contributed by atoms with Crippen LogP contribution in [0.15, 0.2) is 0 Å². The molecule has 1 N–H and O–H groups in total. The van der Waals surface area contributed by atoms with Gasteiger partial charge in [0.1, 0.15) is 6.10 Å². The molecule has 1 rings (SSSR count). The van der Waals surface area contributed by atoms with Crippen LogP contribution in [0.1, 0.15) is 117 Å². The summed E-state index contributed by atoms with van der Waals surface area (Å²) < 4.78 is 6.02. The van der Waals surface area contributed by atoms with E-state index in [9.17, 15) is 9.59 Å². The van der Waals surface area contributed by atoms with Crippen molar-refractivity contribution in [3.05, 3.63) is 0 Å². The topological polar surface area (TPSA) is 63.6 Å². The van der Waals surface area contributed by atoms with Gasteiger partial charge in [-0.3, -0.25) is 9.59 Å².